The zero-order valence-electron chi connectivity index (χ0n) is 13.9. The SMILES string of the molecule is O=C(NCc1cccnc1)Nc1ccc(NS(=O)c2ccccc2)cc1. The first-order valence-corrected chi connectivity index (χ1v) is 9.13. The highest BCUT2D eigenvalue weighted by molar-refractivity contribution is 7.86. The number of hydrogen-bond acceptors (Lipinski definition) is 3. The summed E-state index contributed by atoms with van der Waals surface area (Å²) in [4.78, 5) is 16.6. The Bertz CT molecular complexity index is 871. The first-order valence-electron chi connectivity index (χ1n) is 7.98. The summed E-state index contributed by atoms with van der Waals surface area (Å²) in [5.41, 5.74) is 2.27. The van der Waals surface area contributed by atoms with Crippen LogP contribution in [0.1, 0.15) is 5.56 Å². The lowest BCUT2D eigenvalue weighted by Crippen LogP contribution is -2.28. The minimum atomic E-state index is -1.33. The fourth-order valence-electron chi connectivity index (χ4n) is 2.19. The Morgan fingerprint density at radius 3 is 2.35 bits per heavy atom. The molecule has 1 unspecified atom stereocenters. The number of carbonyl (C=O) groups is 1. The Balaban J connectivity index is 1.51. The van der Waals surface area contributed by atoms with E-state index in [1.165, 1.54) is 0 Å². The van der Waals surface area contributed by atoms with E-state index < -0.39 is 11.0 Å². The van der Waals surface area contributed by atoms with E-state index in [1.54, 1.807) is 48.8 Å². The van der Waals surface area contributed by atoms with Crippen LogP contribution in [-0.4, -0.2) is 15.2 Å². The number of nitrogens with zero attached hydrogens (tertiary/aromatic N) is 1. The van der Waals surface area contributed by atoms with Gasteiger partial charge in [0.15, 0.2) is 0 Å². The highest BCUT2D eigenvalue weighted by Gasteiger charge is 2.05. The second-order valence-corrected chi connectivity index (χ2v) is 6.64. The summed E-state index contributed by atoms with van der Waals surface area (Å²) in [5, 5.41) is 5.51. The van der Waals surface area contributed by atoms with Gasteiger partial charge in [0, 0.05) is 30.3 Å². The maximum Gasteiger partial charge on any atom is 0.319 e. The van der Waals surface area contributed by atoms with Gasteiger partial charge in [0.05, 0.1) is 4.90 Å². The van der Waals surface area contributed by atoms with Gasteiger partial charge in [-0.25, -0.2) is 9.00 Å². The van der Waals surface area contributed by atoms with Crippen LogP contribution in [0.5, 0.6) is 0 Å². The van der Waals surface area contributed by atoms with E-state index in [-0.39, 0.29) is 6.03 Å². The van der Waals surface area contributed by atoms with Gasteiger partial charge >= 0.3 is 6.03 Å². The fourth-order valence-corrected chi connectivity index (χ4v) is 3.06. The lowest BCUT2D eigenvalue weighted by atomic mass is 10.3. The average Bonchev–Trinajstić information content (AvgIpc) is 2.69. The molecule has 2 amide bonds. The third-order valence-corrected chi connectivity index (χ3v) is 4.61. The van der Waals surface area contributed by atoms with Crippen LogP contribution in [0.15, 0.2) is 84.0 Å². The van der Waals surface area contributed by atoms with Gasteiger partial charge in [0.1, 0.15) is 11.0 Å². The van der Waals surface area contributed by atoms with Gasteiger partial charge in [0.25, 0.3) is 0 Å². The molecule has 0 aliphatic carbocycles. The number of urea groups is 1. The fraction of sp³-hybridized carbons (Fsp3) is 0.0526. The smallest absolute Gasteiger partial charge is 0.319 e. The molecule has 0 radical (unpaired) electrons. The molecule has 0 saturated carbocycles. The Kier molecular flexibility index (Phi) is 5.95. The highest BCUT2D eigenvalue weighted by Crippen LogP contribution is 2.16. The molecule has 3 rings (SSSR count). The third kappa shape index (κ3) is 5.15. The van der Waals surface area contributed by atoms with Crippen molar-refractivity contribution < 1.29 is 9.00 Å². The molecule has 0 fully saturated rings. The predicted octanol–water partition coefficient (Wildman–Crippen LogP) is 3.54. The van der Waals surface area contributed by atoms with Gasteiger partial charge < -0.3 is 15.4 Å². The summed E-state index contributed by atoms with van der Waals surface area (Å²) in [6.45, 7) is 0.398. The van der Waals surface area contributed by atoms with Crippen LogP contribution in [0, 0.1) is 0 Å². The normalized spacial score (nSPS) is 11.4. The molecule has 1 heterocycles. The van der Waals surface area contributed by atoms with Crippen LogP contribution in [-0.2, 0) is 17.5 Å². The minimum Gasteiger partial charge on any atom is -0.334 e. The summed E-state index contributed by atoms with van der Waals surface area (Å²) in [6, 6.07) is 19.6. The van der Waals surface area contributed by atoms with E-state index >= 15 is 0 Å². The van der Waals surface area contributed by atoms with Crippen LogP contribution in [0.3, 0.4) is 0 Å². The van der Waals surface area contributed by atoms with Crippen LogP contribution < -0.4 is 15.4 Å². The summed E-state index contributed by atoms with van der Waals surface area (Å²) in [5.74, 6) is 0. The summed E-state index contributed by atoms with van der Waals surface area (Å²) < 4.78 is 15.1. The van der Waals surface area contributed by atoms with Crippen LogP contribution in [0.25, 0.3) is 0 Å². The molecule has 0 saturated heterocycles. The van der Waals surface area contributed by atoms with E-state index in [2.05, 4.69) is 20.3 Å². The van der Waals surface area contributed by atoms with E-state index in [9.17, 15) is 9.00 Å². The Morgan fingerprint density at radius 2 is 1.65 bits per heavy atom. The van der Waals surface area contributed by atoms with Gasteiger partial charge in [0.2, 0.25) is 0 Å². The lowest BCUT2D eigenvalue weighted by Gasteiger charge is -2.09. The zero-order valence-corrected chi connectivity index (χ0v) is 14.7. The number of rotatable bonds is 6. The van der Waals surface area contributed by atoms with Crippen molar-refractivity contribution in [1.82, 2.24) is 10.3 Å². The van der Waals surface area contributed by atoms with Crippen LogP contribution >= 0.6 is 0 Å². The van der Waals surface area contributed by atoms with Crippen molar-refractivity contribution in [2.45, 2.75) is 11.4 Å². The van der Waals surface area contributed by atoms with Crippen molar-refractivity contribution in [3.63, 3.8) is 0 Å². The van der Waals surface area contributed by atoms with Crippen LogP contribution in [0.2, 0.25) is 0 Å². The van der Waals surface area contributed by atoms with E-state index in [1.807, 2.05) is 30.3 Å². The van der Waals surface area contributed by atoms with Crippen LogP contribution in [0.4, 0.5) is 16.2 Å². The second kappa shape index (κ2) is 8.77. The molecule has 6 nitrogen and oxygen atoms in total. The maximum absolute atomic E-state index is 12.2. The topological polar surface area (TPSA) is 83.1 Å². The first kappa shape index (κ1) is 17.6. The molecule has 0 aliphatic heterocycles. The first-order chi connectivity index (χ1) is 12.7. The number of carbonyl (C=O) groups excluding carboxylic acids is 1. The predicted molar refractivity (Wildman–Crippen MR) is 103 cm³/mol. The number of anilines is 2. The molecule has 0 bridgehead atoms. The Morgan fingerprint density at radius 1 is 0.923 bits per heavy atom. The molecule has 2 aromatic carbocycles. The van der Waals surface area contributed by atoms with Crippen molar-refractivity contribution in [3.05, 3.63) is 84.7 Å². The van der Waals surface area contributed by atoms with Crippen molar-refractivity contribution in [1.29, 1.82) is 0 Å². The second-order valence-electron chi connectivity index (χ2n) is 5.43. The number of benzene rings is 2. The van der Waals surface area contributed by atoms with E-state index in [4.69, 9.17) is 0 Å². The van der Waals surface area contributed by atoms with E-state index in [0.29, 0.717) is 22.8 Å². The van der Waals surface area contributed by atoms with Gasteiger partial charge in [-0.15, -0.1) is 0 Å². The summed E-state index contributed by atoms with van der Waals surface area (Å²) in [7, 11) is -1.33. The molecular formula is C19H18N4O2S. The van der Waals surface area contributed by atoms with Gasteiger partial charge in [-0.2, -0.15) is 0 Å². The van der Waals surface area contributed by atoms with Crippen molar-refractivity contribution in [2.75, 3.05) is 10.0 Å². The average molecular weight is 366 g/mol. The zero-order chi connectivity index (χ0) is 18.2. The number of hydrogen-bond donors (Lipinski definition) is 3. The van der Waals surface area contributed by atoms with Crippen molar-refractivity contribution >= 4 is 28.4 Å². The molecule has 0 spiro atoms. The monoisotopic (exact) mass is 366 g/mol. The number of amides is 2. The standard InChI is InChI=1S/C19H18N4O2S/c24-19(21-14-15-5-4-12-20-13-15)22-16-8-10-17(11-9-16)23-26(25)18-6-2-1-3-7-18/h1-13,23H,14H2,(H2,21,22,24). The molecule has 3 aromatic rings. The van der Waals surface area contributed by atoms with E-state index in [0.717, 1.165) is 5.56 Å². The molecular weight excluding hydrogens is 348 g/mol. The lowest BCUT2D eigenvalue weighted by molar-refractivity contribution is 0.251. The number of pyridine rings is 1. The van der Waals surface area contributed by atoms with Gasteiger partial charge in [-0.05, 0) is 48.0 Å². The van der Waals surface area contributed by atoms with Crippen molar-refractivity contribution in [3.8, 4) is 0 Å². The summed E-state index contributed by atoms with van der Waals surface area (Å²) in [6.07, 6.45) is 3.39. The largest absolute Gasteiger partial charge is 0.334 e. The molecule has 7 heteroatoms. The quantitative estimate of drug-likeness (QED) is 0.624. The summed E-state index contributed by atoms with van der Waals surface area (Å²) >= 11 is 0. The third-order valence-electron chi connectivity index (χ3n) is 3.49. The molecule has 0 aliphatic rings. The Labute approximate surface area is 154 Å². The molecule has 1 aromatic heterocycles. The number of nitrogens with one attached hydrogen (secondary N) is 3. The van der Waals surface area contributed by atoms with Gasteiger partial charge in [-0.3, -0.25) is 4.98 Å². The van der Waals surface area contributed by atoms with Gasteiger partial charge in [-0.1, -0.05) is 24.3 Å². The van der Waals surface area contributed by atoms with Crippen molar-refractivity contribution in [2.24, 2.45) is 0 Å². The highest BCUT2D eigenvalue weighted by atomic mass is 32.2. The number of aromatic nitrogens is 1. The molecule has 3 N–H and O–H groups in total. The Hall–Kier alpha value is -3.19. The molecule has 1 atom stereocenters. The maximum atomic E-state index is 12.2. The minimum absolute atomic E-state index is 0.303. The molecule has 132 valence electrons. The molecule has 26 heavy (non-hydrogen) atoms.